The van der Waals surface area contributed by atoms with Crippen LogP contribution in [-0.2, 0) is 16.1 Å². The molecule has 1 aliphatic rings. The Balaban J connectivity index is 1.62. The summed E-state index contributed by atoms with van der Waals surface area (Å²) < 4.78 is 12.0. The molecule has 0 aromatic carbocycles. The number of hydrogen-bond donors (Lipinski definition) is 0. The Morgan fingerprint density at radius 1 is 1.39 bits per heavy atom. The van der Waals surface area contributed by atoms with E-state index in [4.69, 9.17) is 9.15 Å². The molecule has 0 bridgehead atoms. The number of thiophene rings is 1. The van der Waals surface area contributed by atoms with Gasteiger partial charge in [-0.05, 0) is 25.3 Å². The summed E-state index contributed by atoms with van der Waals surface area (Å²) in [5.74, 6) is -0.240. The lowest BCUT2D eigenvalue weighted by Crippen LogP contribution is -2.48. The van der Waals surface area contributed by atoms with Crippen LogP contribution in [0, 0.1) is 0 Å². The third-order valence-corrected chi connectivity index (χ3v) is 4.51. The van der Waals surface area contributed by atoms with E-state index in [1.165, 1.54) is 16.0 Å². The Labute approximate surface area is 137 Å². The van der Waals surface area contributed by atoms with Crippen LogP contribution in [0.2, 0.25) is 0 Å². The second kappa shape index (κ2) is 6.67. The fourth-order valence-corrected chi connectivity index (χ4v) is 3.33. The average Bonchev–Trinajstić information content (AvgIpc) is 3.13. The molecule has 0 aliphatic carbocycles. The molecule has 1 saturated heterocycles. The molecule has 0 radical (unpaired) electrons. The Morgan fingerprint density at radius 3 is 2.78 bits per heavy atom. The van der Waals surface area contributed by atoms with Crippen molar-refractivity contribution < 1.29 is 13.9 Å². The second-order valence-corrected chi connectivity index (χ2v) is 6.63. The van der Waals surface area contributed by atoms with Crippen molar-refractivity contribution in [3.8, 4) is 10.8 Å². The highest BCUT2D eigenvalue weighted by Crippen LogP contribution is 2.21. The van der Waals surface area contributed by atoms with Gasteiger partial charge in [-0.15, -0.1) is 16.4 Å². The quantitative estimate of drug-likeness (QED) is 0.847. The van der Waals surface area contributed by atoms with E-state index >= 15 is 0 Å². The summed E-state index contributed by atoms with van der Waals surface area (Å²) in [5.41, 5.74) is 0. The molecule has 2 aromatic heterocycles. The Bertz CT molecular complexity index is 711. The van der Waals surface area contributed by atoms with Crippen molar-refractivity contribution in [2.24, 2.45) is 0 Å². The van der Waals surface area contributed by atoms with Crippen molar-refractivity contribution >= 4 is 17.2 Å². The average molecular weight is 337 g/mol. The minimum Gasteiger partial charge on any atom is -0.387 e. The molecule has 0 unspecified atom stereocenters. The van der Waals surface area contributed by atoms with Gasteiger partial charge >= 0.3 is 5.76 Å². The molecule has 2 atom stereocenters. The number of aryl methyl sites for hydroxylation is 1. The molecule has 1 amide bonds. The molecular formula is C15H19N3O4S. The van der Waals surface area contributed by atoms with Gasteiger partial charge in [0.05, 0.1) is 23.6 Å². The summed E-state index contributed by atoms with van der Waals surface area (Å²) >= 11 is 1.45. The van der Waals surface area contributed by atoms with Crippen LogP contribution in [-0.4, -0.2) is 45.9 Å². The van der Waals surface area contributed by atoms with E-state index < -0.39 is 5.76 Å². The molecule has 0 N–H and O–H groups in total. The van der Waals surface area contributed by atoms with Gasteiger partial charge in [0.2, 0.25) is 5.91 Å². The van der Waals surface area contributed by atoms with Crippen LogP contribution in [0.4, 0.5) is 0 Å². The normalized spacial score (nSPS) is 21.6. The number of nitrogens with zero attached hydrogens (tertiary/aromatic N) is 3. The Morgan fingerprint density at radius 2 is 2.13 bits per heavy atom. The number of carbonyl (C=O) groups excluding carboxylic acids is 1. The third-order valence-electron chi connectivity index (χ3n) is 3.65. The highest BCUT2D eigenvalue weighted by molar-refractivity contribution is 7.13. The third kappa shape index (κ3) is 3.70. The molecule has 8 heteroatoms. The van der Waals surface area contributed by atoms with Gasteiger partial charge in [0.15, 0.2) is 0 Å². The predicted octanol–water partition coefficient (Wildman–Crippen LogP) is 1.59. The molecule has 7 nitrogen and oxygen atoms in total. The maximum Gasteiger partial charge on any atom is 0.437 e. The zero-order valence-electron chi connectivity index (χ0n) is 13.1. The van der Waals surface area contributed by atoms with Gasteiger partial charge in [-0.1, -0.05) is 6.07 Å². The molecule has 1 aliphatic heterocycles. The molecular weight excluding hydrogens is 318 g/mol. The minimum atomic E-state index is -0.537. The minimum absolute atomic E-state index is 0.000395. The van der Waals surface area contributed by atoms with E-state index in [2.05, 4.69) is 5.10 Å². The number of morpholine rings is 1. The summed E-state index contributed by atoms with van der Waals surface area (Å²) in [5, 5.41) is 6.04. The first-order valence-corrected chi connectivity index (χ1v) is 8.46. The number of hydrogen-bond acceptors (Lipinski definition) is 6. The van der Waals surface area contributed by atoms with Gasteiger partial charge < -0.3 is 14.1 Å². The van der Waals surface area contributed by atoms with E-state index in [0.717, 1.165) is 4.88 Å². The van der Waals surface area contributed by atoms with E-state index in [1.54, 1.807) is 4.90 Å². The molecule has 1 fully saturated rings. The summed E-state index contributed by atoms with van der Waals surface area (Å²) in [6.45, 7) is 5.28. The van der Waals surface area contributed by atoms with Crippen LogP contribution in [0.5, 0.6) is 0 Å². The maximum atomic E-state index is 12.3. The van der Waals surface area contributed by atoms with Gasteiger partial charge in [-0.2, -0.15) is 4.68 Å². The van der Waals surface area contributed by atoms with Gasteiger partial charge in [0.1, 0.15) is 0 Å². The van der Waals surface area contributed by atoms with Crippen LogP contribution in [0.3, 0.4) is 0 Å². The molecule has 3 rings (SSSR count). The van der Waals surface area contributed by atoms with Crippen molar-refractivity contribution in [3.63, 3.8) is 0 Å². The van der Waals surface area contributed by atoms with Crippen molar-refractivity contribution in [3.05, 3.63) is 28.1 Å². The molecule has 3 heterocycles. The highest BCUT2D eigenvalue weighted by Gasteiger charge is 2.25. The van der Waals surface area contributed by atoms with Crippen molar-refractivity contribution in [2.45, 2.75) is 39.0 Å². The number of ether oxygens (including phenoxy) is 1. The Kier molecular flexibility index (Phi) is 4.63. The monoisotopic (exact) mass is 337 g/mol. The number of aromatic nitrogens is 2. The molecule has 0 spiro atoms. The number of carbonyl (C=O) groups is 1. The first-order valence-electron chi connectivity index (χ1n) is 7.58. The van der Waals surface area contributed by atoms with Gasteiger partial charge in [-0.3, -0.25) is 4.79 Å². The molecule has 124 valence electrons. The second-order valence-electron chi connectivity index (χ2n) is 5.68. The number of rotatable bonds is 4. The SMILES string of the molecule is C[C@@H]1CN(C(=O)CCn2nc(-c3cccs3)oc2=O)C[C@@H](C)O1. The molecule has 23 heavy (non-hydrogen) atoms. The standard InChI is InChI=1S/C15H19N3O4S/c1-10-8-17(9-11(2)21-10)13(19)5-6-18-15(20)22-14(16-18)12-4-3-7-23-12/h3-4,7,10-11H,5-6,8-9H2,1-2H3/t10-,11-/m1/s1. The fraction of sp³-hybridized carbons (Fsp3) is 0.533. The largest absolute Gasteiger partial charge is 0.437 e. The van der Waals surface area contributed by atoms with Crippen molar-refractivity contribution in [1.82, 2.24) is 14.7 Å². The van der Waals surface area contributed by atoms with Crippen LogP contribution in [0.1, 0.15) is 20.3 Å². The summed E-state index contributed by atoms with van der Waals surface area (Å²) in [4.78, 5) is 26.7. The van der Waals surface area contributed by atoms with Crippen LogP contribution < -0.4 is 5.76 Å². The van der Waals surface area contributed by atoms with Gasteiger partial charge in [-0.25, -0.2) is 4.79 Å². The first kappa shape index (κ1) is 15.9. The smallest absolute Gasteiger partial charge is 0.387 e. The van der Waals surface area contributed by atoms with E-state index in [1.807, 2.05) is 31.4 Å². The van der Waals surface area contributed by atoms with Crippen LogP contribution in [0.25, 0.3) is 10.8 Å². The summed E-state index contributed by atoms with van der Waals surface area (Å²) in [6.07, 6.45) is 0.279. The zero-order chi connectivity index (χ0) is 16.4. The van der Waals surface area contributed by atoms with Crippen molar-refractivity contribution in [2.75, 3.05) is 13.1 Å². The van der Waals surface area contributed by atoms with Crippen molar-refractivity contribution in [1.29, 1.82) is 0 Å². The zero-order valence-corrected chi connectivity index (χ0v) is 13.9. The molecule has 2 aromatic rings. The summed E-state index contributed by atoms with van der Waals surface area (Å²) in [6, 6.07) is 3.70. The van der Waals surface area contributed by atoms with E-state index in [-0.39, 0.29) is 31.1 Å². The van der Waals surface area contributed by atoms with E-state index in [0.29, 0.717) is 19.0 Å². The van der Waals surface area contributed by atoms with Gasteiger partial charge in [0.25, 0.3) is 5.89 Å². The van der Waals surface area contributed by atoms with Crippen LogP contribution >= 0.6 is 11.3 Å². The summed E-state index contributed by atoms with van der Waals surface area (Å²) in [7, 11) is 0. The predicted molar refractivity (Wildman–Crippen MR) is 85.3 cm³/mol. The highest BCUT2D eigenvalue weighted by atomic mass is 32.1. The van der Waals surface area contributed by atoms with Gasteiger partial charge in [0, 0.05) is 19.5 Å². The topological polar surface area (TPSA) is 77.6 Å². The lowest BCUT2D eigenvalue weighted by molar-refractivity contribution is -0.143. The fourth-order valence-electron chi connectivity index (χ4n) is 2.69. The number of amides is 1. The lowest BCUT2D eigenvalue weighted by Gasteiger charge is -2.35. The van der Waals surface area contributed by atoms with Crippen LogP contribution in [0.15, 0.2) is 26.7 Å². The lowest BCUT2D eigenvalue weighted by atomic mass is 10.2. The first-order chi connectivity index (χ1) is 11.0. The van der Waals surface area contributed by atoms with E-state index in [9.17, 15) is 9.59 Å². The Hall–Kier alpha value is -1.93. The molecule has 0 saturated carbocycles. The maximum absolute atomic E-state index is 12.3.